The van der Waals surface area contributed by atoms with Gasteiger partial charge in [-0.1, -0.05) is 13.8 Å². The van der Waals surface area contributed by atoms with Crippen molar-refractivity contribution in [3.05, 3.63) is 17.5 Å². The van der Waals surface area contributed by atoms with Gasteiger partial charge in [-0.2, -0.15) is 0 Å². The molecule has 2 rings (SSSR count). The molecule has 106 valence electrons. The highest BCUT2D eigenvalue weighted by atomic mass is 16.3. The zero-order valence-corrected chi connectivity index (χ0v) is 12.5. The molecule has 0 unspecified atom stereocenters. The van der Waals surface area contributed by atoms with Crippen molar-refractivity contribution in [3.8, 4) is 0 Å². The molecule has 0 bridgehead atoms. The molecule has 0 radical (unpaired) electrons. The van der Waals surface area contributed by atoms with E-state index in [0.29, 0.717) is 11.5 Å². The molecule has 1 saturated carbocycles. The maximum absolute atomic E-state index is 9.16. The van der Waals surface area contributed by atoms with E-state index in [9.17, 15) is 0 Å². The smallest absolute Gasteiger partial charge is 0.225 e. The van der Waals surface area contributed by atoms with Gasteiger partial charge in [-0.05, 0) is 38.0 Å². The molecule has 0 spiro atoms. The van der Waals surface area contributed by atoms with Crippen LogP contribution in [-0.2, 0) is 6.61 Å². The maximum Gasteiger partial charge on any atom is 0.225 e. The van der Waals surface area contributed by atoms with Gasteiger partial charge in [-0.25, -0.2) is 9.97 Å². The van der Waals surface area contributed by atoms with Crippen LogP contribution >= 0.6 is 0 Å². The number of aliphatic hydroxyl groups is 1. The lowest BCUT2D eigenvalue weighted by Crippen LogP contribution is -2.38. The lowest BCUT2D eigenvalue weighted by Gasteiger charge is -2.38. The molecule has 1 aliphatic rings. The van der Waals surface area contributed by atoms with E-state index in [1.807, 2.05) is 6.92 Å². The zero-order chi connectivity index (χ0) is 14.0. The lowest BCUT2D eigenvalue weighted by molar-refractivity contribution is 0.222. The first kappa shape index (κ1) is 14.3. The van der Waals surface area contributed by atoms with Crippen LogP contribution in [0.1, 0.15) is 50.8 Å². The van der Waals surface area contributed by atoms with Gasteiger partial charge in [0.05, 0.1) is 6.61 Å². The van der Waals surface area contributed by atoms with Crippen LogP contribution in [-0.4, -0.2) is 28.2 Å². The summed E-state index contributed by atoms with van der Waals surface area (Å²) in [5.41, 5.74) is 2.16. The number of hydrogen-bond donors (Lipinski definition) is 1. The zero-order valence-electron chi connectivity index (χ0n) is 12.5. The van der Waals surface area contributed by atoms with Gasteiger partial charge in [0.2, 0.25) is 5.95 Å². The summed E-state index contributed by atoms with van der Waals surface area (Å²) in [5, 5.41) is 9.16. The summed E-state index contributed by atoms with van der Waals surface area (Å²) in [4.78, 5) is 11.1. The Morgan fingerprint density at radius 1 is 1.37 bits per heavy atom. The predicted molar refractivity (Wildman–Crippen MR) is 77.1 cm³/mol. The Morgan fingerprint density at radius 2 is 2.00 bits per heavy atom. The Kier molecular flexibility index (Phi) is 4.09. The molecule has 1 N–H and O–H groups in total. The summed E-state index contributed by atoms with van der Waals surface area (Å²) in [6, 6.07) is 0.535. The molecule has 0 amide bonds. The van der Waals surface area contributed by atoms with Gasteiger partial charge >= 0.3 is 0 Å². The van der Waals surface area contributed by atoms with Gasteiger partial charge in [-0.15, -0.1) is 0 Å². The van der Waals surface area contributed by atoms with Crippen LogP contribution in [0, 0.1) is 12.3 Å². The first-order chi connectivity index (χ1) is 8.93. The average Bonchev–Trinajstić information content (AvgIpc) is 2.38. The molecular weight excluding hydrogens is 238 g/mol. The molecule has 1 aromatic heterocycles. The molecule has 4 heteroatoms. The van der Waals surface area contributed by atoms with Crippen LogP contribution in [0.15, 0.2) is 6.20 Å². The second-order valence-corrected chi connectivity index (χ2v) is 6.45. The minimum absolute atomic E-state index is 0.00739. The highest BCUT2D eigenvalue weighted by Crippen LogP contribution is 2.37. The second kappa shape index (κ2) is 5.45. The van der Waals surface area contributed by atoms with Gasteiger partial charge in [0.25, 0.3) is 0 Å². The molecule has 0 saturated heterocycles. The summed E-state index contributed by atoms with van der Waals surface area (Å²) in [6.07, 6.45) is 6.66. The Bertz CT molecular complexity index is 435. The van der Waals surface area contributed by atoms with Gasteiger partial charge in [0, 0.05) is 30.5 Å². The van der Waals surface area contributed by atoms with E-state index in [1.54, 1.807) is 6.20 Å². The van der Waals surface area contributed by atoms with E-state index < -0.39 is 0 Å². The summed E-state index contributed by atoms with van der Waals surface area (Å²) < 4.78 is 0. The van der Waals surface area contributed by atoms with Gasteiger partial charge in [0.1, 0.15) is 0 Å². The SMILES string of the molecule is Cc1nc(N(C)C2CCC(C)(C)CC2)ncc1CO. The van der Waals surface area contributed by atoms with Crippen molar-refractivity contribution in [1.82, 2.24) is 9.97 Å². The topological polar surface area (TPSA) is 49.2 Å². The highest BCUT2D eigenvalue weighted by Gasteiger charge is 2.29. The maximum atomic E-state index is 9.16. The number of aromatic nitrogens is 2. The third kappa shape index (κ3) is 3.24. The lowest BCUT2D eigenvalue weighted by atomic mass is 9.75. The molecule has 1 aliphatic carbocycles. The minimum Gasteiger partial charge on any atom is -0.392 e. The molecule has 0 aliphatic heterocycles. The molecule has 4 nitrogen and oxygen atoms in total. The van der Waals surface area contributed by atoms with Crippen molar-refractivity contribution < 1.29 is 5.11 Å². The van der Waals surface area contributed by atoms with Crippen LogP contribution < -0.4 is 4.90 Å². The Labute approximate surface area is 115 Å². The van der Waals surface area contributed by atoms with Crippen LogP contribution in [0.25, 0.3) is 0 Å². The Hall–Kier alpha value is -1.16. The third-order valence-electron chi connectivity index (χ3n) is 4.41. The molecule has 1 aromatic rings. The van der Waals surface area contributed by atoms with Gasteiger partial charge in [-0.3, -0.25) is 0 Å². The van der Waals surface area contributed by atoms with Crippen molar-refractivity contribution in [1.29, 1.82) is 0 Å². The largest absolute Gasteiger partial charge is 0.392 e. The van der Waals surface area contributed by atoms with E-state index in [4.69, 9.17) is 5.11 Å². The molecule has 0 aromatic carbocycles. The first-order valence-corrected chi connectivity index (χ1v) is 7.09. The van der Waals surface area contributed by atoms with Crippen LogP contribution in [0.5, 0.6) is 0 Å². The molecule has 0 atom stereocenters. The van der Waals surface area contributed by atoms with Crippen LogP contribution in [0.2, 0.25) is 0 Å². The Morgan fingerprint density at radius 3 is 2.53 bits per heavy atom. The summed E-state index contributed by atoms with van der Waals surface area (Å²) >= 11 is 0. The van der Waals surface area contributed by atoms with Crippen molar-refractivity contribution in [2.24, 2.45) is 5.41 Å². The molecule has 1 heterocycles. The van der Waals surface area contributed by atoms with Gasteiger partial charge in [0.15, 0.2) is 0 Å². The summed E-state index contributed by atoms with van der Waals surface area (Å²) in [7, 11) is 2.08. The second-order valence-electron chi connectivity index (χ2n) is 6.45. The number of aryl methyl sites for hydroxylation is 1. The summed E-state index contributed by atoms with van der Waals surface area (Å²) in [5.74, 6) is 0.777. The summed E-state index contributed by atoms with van der Waals surface area (Å²) in [6.45, 7) is 6.63. The van der Waals surface area contributed by atoms with Crippen molar-refractivity contribution in [2.75, 3.05) is 11.9 Å². The van der Waals surface area contributed by atoms with E-state index >= 15 is 0 Å². The average molecular weight is 263 g/mol. The quantitative estimate of drug-likeness (QED) is 0.911. The predicted octanol–water partition coefficient (Wildman–Crippen LogP) is 2.68. The molecular formula is C15H25N3O. The van der Waals surface area contributed by atoms with Crippen molar-refractivity contribution in [3.63, 3.8) is 0 Å². The normalized spacial score (nSPS) is 19.4. The fourth-order valence-electron chi connectivity index (χ4n) is 2.74. The van der Waals surface area contributed by atoms with E-state index in [1.165, 1.54) is 25.7 Å². The minimum atomic E-state index is 0.00739. The van der Waals surface area contributed by atoms with Gasteiger partial charge < -0.3 is 10.0 Å². The van der Waals surface area contributed by atoms with Crippen LogP contribution in [0.4, 0.5) is 5.95 Å². The number of anilines is 1. The number of aliphatic hydroxyl groups excluding tert-OH is 1. The van der Waals surface area contributed by atoms with E-state index in [0.717, 1.165) is 17.2 Å². The standard InChI is InChI=1S/C15H25N3O/c1-11-12(10-19)9-16-14(17-11)18(4)13-5-7-15(2,3)8-6-13/h9,13,19H,5-8,10H2,1-4H3. The monoisotopic (exact) mass is 263 g/mol. The fourth-order valence-corrected chi connectivity index (χ4v) is 2.74. The van der Waals surface area contributed by atoms with E-state index in [-0.39, 0.29) is 6.61 Å². The number of rotatable bonds is 3. The number of hydrogen-bond acceptors (Lipinski definition) is 4. The number of nitrogens with zero attached hydrogens (tertiary/aromatic N) is 3. The van der Waals surface area contributed by atoms with E-state index in [2.05, 4.69) is 35.8 Å². The fraction of sp³-hybridized carbons (Fsp3) is 0.733. The first-order valence-electron chi connectivity index (χ1n) is 7.09. The highest BCUT2D eigenvalue weighted by molar-refractivity contribution is 5.33. The molecule has 19 heavy (non-hydrogen) atoms. The molecule has 1 fully saturated rings. The van der Waals surface area contributed by atoms with Crippen molar-refractivity contribution in [2.45, 2.75) is 59.1 Å². The van der Waals surface area contributed by atoms with Crippen LogP contribution in [0.3, 0.4) is 0 Å². The third-order valence-corrected chi connectivity index (χ3v) is 4.41. The Balaban J connectivity index is 2.08. The van der Waals surface area contributed by atoms with Crippen molar-refractivity contribution >= 4 is 5.95 Å².